The highest BCUT2D eigenvalue weighted by atomic mass is 32.1. The van der Waals surface area contributed by atoms with Crippen LogP contribution in [-0.4, -0.2) is 29.3 Å². The van der Waals surface area contributed by atoms with Crippen molar-refractivity contribution < 1.29 is 9.59 Å². The van der Waals surface area contributed by atoms with Gasteiger partial charge in [0.05, 0.1) is 0 Å². The first-order valence-electron chi connectivity index (χ1n) is 6.28. The lowest BCUT2D eigenvalue weighted by molar-refractivity contribution is -0.141. The zero-order chi connectivity index (χ0) is 13.0. The van der Waals surface area contributed by atoms with Gasteiger partial charge >= 0.3 is 0 Å². The highest BCUT2D eigenvalue weighted by Crippen LogP contribution is 2.18. The summed E-state index contributed by atoms with van der Waals surface area (Å²) in [6, 6.07) is 1.63. The van der Waals surface area contributed by atoms with E-state index in [2.05, 4.69) is 5.38 Å². The van der Waals surface area contributed by atoms with E-state index in [9.17, 15) is 9.59 Å². The highest BCUT2D eigenvalue weighted by Gasteiger charge is 2.29. The molecular weight excluding hydrogens is 248 g/mol. The van der Waals surface area contributed by atoms with Crippen molar-refractivity contribution in [1.82, 2.24) is 4.90 Å². The number of thiophene rings is 1. The second-order valence-electron chi connectivity index (χ2n) is 4.63. The number of rotatable bonds is 4. The second-order valence-corrected chi connectivity index (χ2v) is 5.41. The van der Waals surface area contributed by atoms with Gasteiger partial charge in [-0.3, -0.25) is 9.59 Å². The van der Waals surface area contributed by atoms with E-state index in [-0.39, 0.29) is 11.8 Å². The van der Waals surface area contributed by atoms with Gasteiger partial charge < -0.3 is 10.6 Å². The molecule has 18 heavy (non-hydrogen) atoms. The summed E-state index contributed by atoms with van der Waals surface area (Å²) in [7, 11) is 0. The SMILES string of the molecule is NC(=O)C1CCCCN1C(=O)CCc1ccsc1. The Morgan fingerprint density at radius 2 is 2.28 bits per heavy atom. The summed E-state index contributed by atoms with van der Waals surface area (Å²) < 4.78 is 0. The number of likely N-dealkylation sites (tertiary alicyclic amines) is 1. The Morgan fingerprint density at radius 3 is 2.94 bits per heavy atom. The Bertz CT molecular complexity index is 417. The number of nitrogens with zero attached hydrogens (tertiary/aromatic N) is 1. The van der Waals surface area contributed by atoms with Gasteiger partial charge in [-0.25, -0.2) is 0 Å². The van der Waals surface area contributed by atoms with Crippen LogP contribution in [0.2, 0.25) is 0 Å². The van der Waals surface area contributed by atoms with Gasteiger partial charge in [-0.1, -0.05) is 0 Å². The average Bonchev–Trinajstić information content (AvgIpc) is 2.89. The molecule has 98 valence electrons. The molecule has 0 radical (unpaired) electrons. The summed E-state index contributed by atoms with van der Waals surface area (Å²) in [6.07, 6.45) is 3.85. The molecule has 0 spiro atoms. The normalized spacial score (nSPS) is 19.8. The summed E-state index contributed by atoms with van der Waals surface area (Å²) >= 11 is 1.63. The largest absolute Gasteiger partial charge is 0.368 e. The van der Waals surface area contributed by atoms with Crippen LogP contribution < -0.4 is 5.73 Å². The predicted octanol–water partition coefficient (Wildman–Crippen LogP) is 1.55. The Labute approximate surface area is 111 Å². The number of carbonyl (C=O) groups is 2. The van der Waals surface area contributed by atoms with Gasteiger partial charge in [0.2, 0.25) is 11.8 Å². The van der Waals surface area contributed by atoms with Crippen LogP contribution >= 0.6 is 11.3 Å². The molecule has 0 saturated carbocycles. The van der Waals surface area contributed by atoms with Gasteiger partial charge in [-0.05, 0) is 48.1 Å². The van der Waals surface area contributed by atoms with E-state index in [0.717, 1.165) is 19.3 Å². The molecule has 4 nitrogen and oxygen atoms in total. The summed E-state index contributed by atoms with van der Waals surface area (Å²) in [5.41, 5.74) is 6.54. The maximum absolute atomic E-state index is 12.1. The molecule has 5 heteroatoms. The molecule has 1 atom stereocenters. The van der Waals surface area contributed by atoms with Gasteiger partial charge in [0.25, 0.3) is 0 Å². The van der Waals surface area contributed by atoms with Gasteiger partial charge in [0, 0.05) is 13.0 Å². The van der Waals surface area contributed by atoms with E-state index in [1.165, 1.54) is 5.56 Å². The van der Waals surface area contributed by atoms with Crippen molar-refractivity contribution in [3.8, 4) is 0 Å². The van der Waals surface area contributed by atoms with Gasteiger partial charge in [0.15, 0.2) is 0 Å². The van der Waals surface area contributed by atoms with Crippen molar-refractivity contribution in [3.05, 3.63) is 22.4 Å². The van der Waals surface area contributed by atoms with Crippen LogP contribution in [0.25, 0.3) is 0 Å². The molecule has 1 aromatic rings. The number of nitrogens with two attached hydrogens (primary N) is 1. The molecule has 0 aliphatic carbocycles. The first kappa shape index (κ1) is 13.1. The number of hydrogen-bond acceptors (Lipinski definition) is 3. The molecule has 2 heterocycles. The maximum Gasteiger partial charge on any atom is 0.240 e. The van der Waals surface area contributed by atoms with Crippen molar-refractivity contribution in [2.45, 2.75) is 38.1 Å². The lowest BCUT2D eigenvalue weighted by Crippen LogP contribution is -2.50. The van der Waals surface area contributed by atoms with Crippen molar-refractivity contribution in [2.24, 2.45) is 5.73 Å². The summed E-state index contributed by atoms with van der Waals surface area (Å²) in [5.74, 6) is -0.330. The lowest BCUT2D eigenvalue weighted by Gasteiger charge is -2.33. The fraction of sp³-hybridized carbons (Fsp3) is 0.538. The van der Waals surface area contributed by atoms with Crippen molar-refractivity contribution in [1.29, 1.82) is 0 Å². The van der Waals surface area contributed by atoms with E-state index < -0.39 is 6.04 Å². The minimum absolute atomic E-state index is 0.0460. The molecule has 1 fully saturated rings. The fourth-order valence-electron chi connectivity index (χ4n) is 2.36. The van der Waals surface area contributed by atoms with Crippen LogP contribution in [0.5, 0.6) is 0 Å². The summed E-state index contributed by atoms with van der Waals surface area (Å²) in [6.45, 7) is 0.663. The monoisotopic (exact) mass is 266 g/mol. The van der Waals surface area contributed by atoms with Crippen LogP contribution in [0.3, 0.4) is 0 Å². The topological polar surface area (TPSA) is 63.4 Å². The van der Waals surface area contributed by atoms with Gasteiger partial charge in [-0.15, -0.1) is 0 Å². The molecule has 1 aromatic heterocycles. The van der Waals surface area contributed by atoms with Crippen LogP contribution in [0.15, 0.2) is 16.8 Å². The Kier molecular flexibility index (Phi) is 4.36. The van der Waals surface area contributed by atoms with Crippen molar-refractivity contribution >= 4 is 23.2 Å². The van der Waals surface area contributed by atoms with Crippen LogP contribution in [0, 0.1) is 0 Å². The molecule has 2 N–H and O–H groups in total. The Balaban J connectivity index is 1.92. The average molecular weight is 266 g/mol. The maximum atomic E-state index is 12.1. The third-order valence-electron chi connectivity index (χ3n) is 3.36. The molecule has 2 amide bonds. The van der Waals surface area contributed by atoms with E-state index in [1.54, 1.807) is 16.2 Å². The Morgan fingerprint density at radius 1 is 1.44 bits per heavy atom. The molecule has 0 aromatic carbocycles. The van der Waals surface area contributed by atoms with Gasteiger partial charge in [-0.2, -0.15) is 11.3 Å². The second kappa shape index (κ2) is 6.00. The summed E-state index contributed by atoms with van der Waals surface area (Å²) in [5, 5.41) is 4.06. The number of carbonyl (C=O) groups excluding carboxylic acids is 2. The third kappa shape index (κ3) is 3.10. The smallest absolute Gasteiger partial charge is 0.240 e. The fourth-order valence-corrected chi connectivity index (χ4v) is 3.06. The zero-order valence-electron chi connectivity index (χ0n) is 10.3. The number of primary amides is 1. The molecule has 1 aliphatic rings. The number of piperidine rings is 1. The Hall–Kier alpha value is -1.36. The molecule has 1 aliphatic heterocycles. The van der Waals surface area contributed by atoms with E-state index in [4.69, 9.17) is 5.73 Å². The van der Waals surface area contributed by atoms with E-state index >= 15 is 0 Å². The highest BCUT2D eigenvalue weighted by molar-refractivity contribution is 7.07. The molecular formula is C13H18N2O2S. The van der Waals surface area contributed by atoms with Crippen molar-refractivity contribution in [3.63, 3.8) is 0 Å². The van der Waals surface area contributed by atoms with Crippen molar-refractivity contribution in [2.75, 3.05) is 6.54 Å². The molecule has 0 bridgehead atoms. The number of hydrogen-bond donors (Lipinski definition) is 1. The lowest BCUT2D eigenvalue weighted by atomic mass is 10.0. The van der Waals surface area contributed by atoms with Gasteiger partial charge in [0.1, 0.15) is 6.04 Å². The van der Waals surface area contributed by atoms with E-state index in [1.807, 2.05) is 11.4 Å². The first-order chi connectivity index (χ1) is 8.68. The quantitative estimate of drug-likeness (QED) is 0.898. The standard InChI is InChI=1S/C13H18N2O2S/c14-13(17)11-3-1-2-7-15(11)12(16)5-4-10-6-8-18-9-10/h6,8-9,11H,1-5,7H2,(H2,14,17). The third-order valence-corrected chi connectivity index (χ3v) is 4.09. The van der Waals surface area contributed by atoms with Crippen LogP contribution in [0.1, 0.15) is 31.2 Å². The van der Waals surface area contributed by atoms with Crippen LogP contribution in [-0.2, 0) is 16.0 Å². The molecule has 2 rings (SSSR count). The predicted molar refractivity (Wildman–Crippen MR) is 71.2 cm³/mol. The zero-order valence-corrected chi connectivity index (χ0v) is 11.1. The first-order valence-corrected chi connectivity index (χ1v) is 7.22. The summed E-state index contributed by atoms with van der Waals surface area (Å²) in [4.78, 5) is 25.1. The molecule has 1 saturated heterocycles. The number of aryl methyl sites for hydroxylation is 1. The van der Waals surface area contributed by atoms with Crippen LogP contribution in [0.4, 0.5) is 0 Å². The number of amides is 2. The van der Waals surface area contributed by atoms with E-state index in [0.29, 0.717) is 19.4 Å². The minimum atomic E-state index is -0.395. The minimum Gasteiger partial charge on any atom is -0.368 e. The molecule has 1 unspecified atom stereocenters.